The average molecular weight is 484 g/mol. The van der Waals surface area contributed by atoms with Gasteiger partial charge in [0, 0.05) is 42.7 Å². The number of carbonyl (C=O) groups excluding carboxylic acids is 1. The van der Waals surface area contributed by atoms with Crippen molar-refractivity contribution in [3.63, 3.8) is 0 Å². The van der Waals surface area contributed by atoms with Crippen molar-refractivity contribution < 1.29 is 17.4 Å². The fraction of sp³-hybridized carbons (Fsp3) is 0.250. The molecule has 1 N–H and O–H groups in total. The van der Waals surface area contributed by atoms with E-state index in [1.807, 2.05) is 29.3 Å². The van der Waals surface area contributed by atoms with E-state index in [-0.39, 0.29) is 18.8 Å². The summed E-state index contributed by atoms with van der Waals surface area (Å²) in [5, 5.41) is 12.9. The summed E-state index contributed by atoms with van der Waals surface area (Å²) >= 11 is 7.89. The number of rotatable bonds is 1. The number of carbonyl (C=O) groups is 1. The molecule has 0 saturated carbocycles. The number of nitrogens with zero attached hydrogens (tertiary/aromatic N) is 3. The smallest absolute Gasteiger partial charge is 0.278 e. The van der Waals surface area contributed by atoms with Crippen molar-refractivity contribution in [3.8, 4) is 5.75 Å². The fourth-order valence-corrected chi connectivity index (χ4v) is 5.89. The van der Waals surface area contributed by atoms with Crippen molar-refractivity contribution in [2.24, 2.45) is 0 Å². The summed E-state index contributed by atoms with van der Waals surface area (Å²) in [4.78, 5) is 28.0. The van der Waals surface area contributed by atoms with Crippen LogP contribution >= 0.6 is 23.4 Å². The van der Waals surface area contributed by atoms with Gasteiger partial charge in [-0.2, -0.15) is 0 Å². The van der Waals surface area contributed by atoms with Gasteiger partial charge in [0.1, 0.15) is 12.2 Å². The Kier molecular flexibility index (Phi) is 4.39. The zero-order valence-electron chi connectivity index (χ0n) is 19.3. The van der Waals surface area contributed by atoms with E-state index in [2.05, 4.69) is 0 Å². The zero-order valence-corrected chi connectivity index (χ0v) is 18.8. The highest BCUT2D eigenvalue weighted by atomic mass is 35.5. The van der Waals surface area contributed by atoms with Gasteiger partial charge in [-0.1, -0.05) is 41.9 Å². The molecule has 1 aromatic heterocycles. The molecule has 0 spiro atoms. The van der Waals surface area contributed by atoms with Crippen LogP contribution in [0.25, 0.3) is 0 Å². The minimum atomic E-state index is -1.78. The number of amides is 1. The largest absolute Gasteiger partial charge is 0.502 e. The van der Waals surface area contributed by atoms with Crippen LogP contribution in [0.3, 0.4) is 0 Å². The maximum absolute atomic E-state index is 13.4. The lowest BCUT2D eigenvalue weighted by molar-refractivity contribution is -0.0197. The molecular weight excluding hydrogens is 462 g/mol. The third kappa shape index (κ3) is 3.08. The fourth-order valence-electron chi connectivity index (χ4n) is 4.78. The average Bonchev–Trinajstić information content (AvgIpc) is 2.94. The Morgan fingerprint density at radius 1 is 1.15 bits per heavy atom. The summed E-state index contributed by atoms with van der Waals surface area (Å²) < 4.78 is 25.0. The van der Waals surface area contributed by atoms with Crippen LogP contribution in [0.2, 0.25) is 5.02 Å². The van der Waals surface area contributed by atoms with Gasteiger partial charge in [0.05, 0.1) is 13.2 Å². The standard InChI is InChI=1S/C24H20ClN3O4S/c25-16-6-3-4-14-13-33-18-7-2-1-5-15(18)21(20(14)16)28-19-12-32-11-10-26(19)24(31)22-23(30)17(29)8-9-27(22)28/h1-9,19,21,30H,10-13H2/t19-,21-/m1/s1/i13D2. The SMILES string of the molecule is [2H]C1([2H])Sc2ccccc2[C@@H](N2[C@@H]3COCCN3C(=O)c3c(O)c(=O)ccn32)c2c(Cl)cccc21. The van der Waals surface area contributed by atoms with Crippen LogP contribution in [0.1, 0.15) is 36.0 Å². The molecule has 33 heavy (non-hydrogen) atoms. The number of benzene rings is 2. The van der Waals surface area contributed by atoms with Crippen molar-refractivity contribution in [2.75, 3.05) is 24.8 Å². The maximum Gasteiger partial charge on any atom is 0.278 e. The highest BCUT2D eigenvalue weighted by Gasteiger charge is 2.46. The van der Waals surface area contributed by atoms with E-state index in [0.29, 0.717) is 22.8 Å². The number of thioether (sulfide) groups is 1. The molecule has 1 fully saturated rings. The molecule has 0 unspecified atom stereocenters. The van der Waals surface area contributed by atoms with E-state index in [4.69, 9.17) is 19.1 Å². The first-order chi connectivity index (χ1) is 16.8. The first-order valence-electron chi connectivity index (χ1n) is 11.5. The summed E-state index contributed by atoms with van der Waals surface area (Å²) in [6.07, 6.45) is 0.884. The summed E-state index contributed by atoms with van der Waals surface area (Å²) in [5.41, 5.74) is -0.806. The van der Waals surface area contributed by atoms with E-state index in [0.717, 1.165) is 22.2 Å². The maximum atomic E-state index is 13.4. The quantitative estimate of drug-likeness (QED) is 0.572. The van der Waals surface area contributed by atoms with Gasteiger partial charge in [0.15, 0.2) is 11.4 Å². The van der Waals surface area contributed by atoms with Crippen molar-refractivity contribution in [3.05, 3.63) is 92.4 Å². The summed E-state index contributed by atoms with van der Waals surface area (Å²) in [5.74, 6) is -1.09. The lowest BCUT2D eigenvalue weighted by Crippen LogP contribution is -2.66. The van der Waals surface area contributed by atoms with Gasteiger partial charge in [-0.3, -0.25) is 19.3 Å². The van der Waals surface area contributed by atoms with Crippen LogP contribution in [-0.2, 0) is 10.4 Å². The van der Waals surface area contributed by atoms with E-state index >= 15 is 0 Å². The Morgan fingerprint density at radius 2 is 2.00 bits per heavy atom. The number of fused-ring (bicyclic) bond motifs is 4. The Bertz CT molecular complexity index is 1430. The predicted octanol–water partition coefficient (Wildman–Crippen LogP) is 3.35. The summed E-state index contributed by atoms with van der Waals surface area (Å²) in [6, 6.07) is 13.2. The molecule has 2 atom stereocenters. The minimum Gasteiger partial charge on any atom is -0.502 e. The molecule has 6 rings (SSSR count). The molecule has 1 amide bonds. The normalized spacial score (nSPS) is 24.0. The van der Waals surface area contributed by atoms with Gasteiger partial charge in [0.25, 0.3) is 5.91 Å². The van der Waals surface area contributed by atoms with Gasteiger partial charge < -0.3 is 14.7 Å². The number of aromatic nitrogens is 1. The number of aromatic hydroxyl groups is 1. The molecule has 4 heterocycles. The number of ether oxygens (including phenoxy) is 1. The summed E-state index contributed by atoms with van der Waals surface area (Å²) in [7, 11) is 0. The van der Waals surface area contributed by atoms with Crippen LogP contribution in [0.4, 0.5) is 0 Å². The molecule has 3 aliphatic rings. The topological polar surface area (TPSA) is 75.0 Å². The van der Waals surface area contributed by atoms with Crippen LogP contribution < -0.4 is 10.4 Å². The van der Waals surface area contributed by atoms with Crippen LogP contribution in [0, 0.1) is 0 Å². The first kappa shape index (κ1) is 18.5. The Morgan fingerprint density at radius 3 is 2.88 bits per heavy atom. The highest BCUT2D eigenvalue weighted by molar-refractivity contribution is 7.98. The molecule has 3 aliphatic heterocycles. The molecule has 3 aromatic rings. The van der Waals surface area contributed by atoms with Crippen molar-refractivity contribution in [1.82, 2.24) is 9.58 Å². The molecule has 0 radical (unpaired) electrons. The van der Waals surface area contributed by atoms with E-state index in [1.165, 1.54) is 16.9 Å². The molecule has 9 heteroatoms. The lowest BCUT2D eigenvalue weighted by atomic mass is 9.93. The molecular formula is C24H20ClN3O4S. The Balaban J connectivity index is 1.71. The minimum absolute atomic E-state index is 0.137. The third-order valence-corrected chi connectivity index (χ3v) is 7.49. The Labute approximate surface area is 201 Å². The number of hydrogen-bond acceptors (Lipinski definition) is 6. The van der Waals surface area contributed by atoms with Gasteiger partial charge in [0.2, 0.25) is 5.43 Å². The molecule has 1 saturated heterocycles. The van der Waals surface area contributed by atoms with Crippen LogP contribution in [0.5, 0.6) is 5.75 Å². The lowest BCUT2D eigenvalue weighted by Gasteiger charge is -2.51. The van der Waals surface area contributed by atoms with Gasteiger partial charge in [-0.25, -0.2) is 0 Å². The number of hydrogen-bond donors (Lipinski definition) is 1. The zero-order chi connectivity index (χ0) is 24.5. The van der Waals surface area contributed by atoms with Crippen LogP contribution in [-0.4, -0.2) is 46.5 Å². The van der Waals surface area contributed by atoms with Gasteiger partial charge in [-0.05, 0) is 23.3 Å². The van der Waals surface area contributed by atoms with Gasteiger partial charge >= 0.3 is 0 Å². The molecule has 168 valence electrons. The second-order valence-corrected chi connectivity index (χ2v) is 9.26. The number of pyridine rings is 1. The van der Waals surface area contributed by atoms with E-state index in [1.54, 1.807) is 23.1 Å². The monoisotopic (exact) mass is 483 g/mol. The van der Waals surface area contributed by atoms with Crippen molar-refractivity contribution >= 4 is 29.3 Å². The first-order valence-corrected chi connectivity index (χ1v) is 11.7. The predicted molar refractivity (Wildman–Crippen MR) is 126 cm³/mol. The second kappa shape index (κ2) is 7.83. The molecule has 0 bridgehead atoms. The molecule has 0 aliphatic carbocycles. The Hall–Kier alpha value is -2.94. The van der Waals surface area contributed by atoms with Crippen LogP contribution in [0.15, 0.2) is 64.4 Å². The molecule has 2 aromatic carbocycles. The highest BCUT2D eigenvalue weighted by Crippen LogP contribution is 2.46. The second-order valence-electron chi connectivity index (χ2n) is 8.00. The number of morpholine rings is 1. The van der Waals surface area contributed by atoms with E-state index < -0.39 is 35.0 Å². The van der Waals surface area contributed by atoms with Crippen molar-refractivity contribution in [1.29, 1.82) is 0 Å². The number of halogens is 1. The van der Waals surface area contributed by atoms with Gasteiger partial charge in [-0.15, -0.1) is 11.8 Å². The third-order valence-electron chi connectivity index (χ3n) is 6.25. The molecule has 7 nitrogen and oxygen atoms in total. The van der Waals surface area contributed by atoms with Crippen molar-refractivity contribution in [2.45, 2.75) is 22.8 Å². The van der Waals surface area contributed by atoms with E-state index in [9.17, 15) is 14.7 Å². The summed E-state index contributed by atoms with van der Waals surface area (Å²) in [6.45, 7) is 0.795.